The number of carbonyl (C=O) groups excluding carboxylic acids is 2. The van der Waals surface area contributed by atoms with Gasteiger partial charge in [0.2, 0.25) is 5.91 Å². The van der Waals surface area contributed by atoms with Gasteiger partial charge in [0.05, 0.1) is 0 Å². The van der Waals surface area contributed by atoms with Gasteiger partial charge in [0, 0.05) is 37.8 Å². The molecule has 1 aromatic rings. The second-order valence-corrected chi connectivity index (χ2v) is 7.59. The van der Waals surface area contributed by atoms with Crippen LogP contribution in [0.4, 0.5) is 18.9 Å². The summed E-state index contributed by atoms with van der Waals surface area (Å²) in [5.74, 6) is -1.61. The molecule has 3 rings (SSSR count). The molecular weight excluding hydrogens is 395 g/mol. The third-order valence-corrected chi connectivity index (χ3v) is 5.26. The molecule has 2 saturated heterocycles. The summed E-state index contributed by atoms with van der Waals surface area (Å²) in [6.07, 6.45) is -0.0766. The standard InChI is InChI=1S/C19H24F3N3O2.ClH/c1-25(18(27)19(20,21)22)11-12-3-2-4-14(7-12)24-17(26)10-13-8-15-5-6-16(9-13)23-15;/h2-4,7,13,15-16,23H,5-6,8-11H2,1H3,(H,24,26);1H. The van der Waals surface area contributed by atoms with Crippen LogP contribution in [0.3, 0.4) is 0 Å². The van der Waals surface area contributed by atoms with Crippen LogP contribution >= 0.6 is 12.4 Å². The van der Waals surface area contributed by atoms with Crippen molar-refractivity contribution in [2.24, 2.45) is 5.92 Å². The Hall–Kier alpha value is -1.80. The summed E-state index contributed by atoms with van der Waals surface area (Å²) in [5.41, 5.74) is 1.05. The van der Waals surface area contributed by atoms with E-state index in [9.17, 15) is 22.8 Å². The van der Waals surface area contributed by atoms with Crippen molar-refractivity contribution in [3.05, 3.63) is 29.8 Å². The van der Waals surface area contributed by atoms with Gasteiger partial charge in [-0.25, -0.2) is 0 Å². The van der Waals surface area contributed by atoms with Crippen molar-refractivity contribution in [2.45, 2.75) is 56.9 Å². The van der Waals surface area contributed by atoms with Crippen LogP contribution in [0.1, 0.15) is 37.7 Å². The van der Waals surface area contributed by atoms with Gasteiger partial charge < -0.3 is 15.5 Å². The highest BCUT2D eigenvalue weighted by molar-refractivity contribution is 5.91. The predicted octanol–water partition coefficient (Wildman–Crippen LogP) is 3.49. The average Bonchev–Trinajstić information content (AvgIpc) is 2.92. The average molecular weight is 420 g/mol. The van der Waals surface area contributed by atoms with Gasteiger partial charge in [-0.2, -0.15) is 13.2 Å². The van der Waals surface area contributed by atoms with E-state index in [0.717, 1.165) is 19.9 Å². The van der Waals surface area contributed by atoms with Gasteiger partial charge in [-0.15, -0.1) is 12.4 Å². The Balaban J connectivity index is 0.00000280. The number of amides is 2. The molecule has 0 saturated carbocycles. The van der Waals surface area contributed by atoms with Crippen molar-refractivity contribution in [3.8, 4) is 0 Å². The van der Waals surface area contributed by atoms with E-state index in [1.54, 1.807) is 24.3 Å². The smallest absolute Gasteiger partial charge is 0.334 e. The molecule has 2 amide bonds. The van der Waals surface area contributed by atoms with Gasteiger partial charge in [-0.3, -0.25) is 9.59 Å². The summed E-state index contributed by atoms with van der Waals surface area (Å²) in [4.78, 5) is 24.2. The van der Waals surface area contributed by atoms with E-state index in [4.69, 9.17) is 0 Å². The first kappa shape index (κ1) is 22.5. The summed E-state index contributed by atoms with van der Waals surface area (Å²) in [5, 5.41) is 6.37. The van der Waals surface area contributed by atoms with Crippen LogP contribution in [-0.4, -0.2) is 42.0 Å². The van der Waals surface area contributed by atoms with Gasteiger partial charge in [0.1, 0.15) is 0 Å². The summed E-state index contributed by atoms with van der Waals surface area (Å²) < 4.78 is 37.4. The van der Waals surface area contributed by atoms with E-state index >= 15 is 0 Å². The zero-order valence-electron chi connectivity index (χ0n) is 15.6. The molecule has 156 valence electrons. The number of hydrogen-bond acceptors (Lipinski definition) is 3. The fraction of sp³-hybridized carbons (Fsp3) is 0.579. The first-order valence-electron chi connectivity index (χ1n) is 9.18. The fourth-order valence-corrected chi connectivity index (χ4v) is 4.13. The highest BCUT2D eigenvalue weighted by Gasteiger charge is 2.41. The van der Waals surface area contributed by atoms with E-state index in [1.165, 1.54) is 12.8 Å². The minimum Gasteiger partial charge on any atom is -0.334 e. The number of piperidine rings is 1. The number of fused-ring (bicyclic) bond motifs is 2. The van der Waals surface area contributed by atoms with E-state index in [2.05, 4.69) is 10.6 Å². The Labute approximate surface area is 168 Å². The lowest BCUT2D eigenvalue weighted by Gasteiger charge is -2.28. The molecule has 2 unspecified atom stereocenters. The van der Waals surface area contributed by atoms with Gasteiger partial charge in [-0.05, 0) is 49.3 Å². The van der Waals surface area contributed by atoms with Crippen LogP contribution < -0.4 is 10.6 Å². The second-order valence-electron chi connectivity index (χ2n) is 7.59. The van der Waals surface area contributed by atoms with Crippen molar-refractivity contribution in [1.29, 1.82) is 0 Å². The Kier molecular flexibility index (Phi) is 7.33. The zero-order chi connectivity index (χ0) is 19.6. The maximum absolute atomic E-state index is 12.5. The first-order chi connectivity index (χ1) is 12.7. The Morgan fingerprint density at radius 2 is 1.86 bits per heavy atom. The van der Waals surface area contributed by atoms with Crippen molar-refractivity contribution < 1.29 is 22.8 Å². The molecule has 1 aromatic carbocycles. The molecule has 2 N–H and O–H groups in total. The fourth-order valence-electron chi connectivity index (χ4n) is 4.13. The van der Waals surface area contributed by atoms with Crippen molar-refractivity contribution >= 4 is 29.9 Å². The maximum atomic E-state index is 12.5. The SMILES string of the molecule is CN(Cc1cccc(NC(=O)CC2CC3CCC(C2)N3)c1)C(=O)C(F)(F)F.Cl. The Bertz CT molecular complexity index is 702. The number of benzene rings is 1. The van der Waals surface area contributed by atoms with Crippen LogP contribution in [-0.2, 0) is 16.1 Å². The number of rotatable bonds is 5. The number of carbonyl (C=O) groups is 2. The van der Waals surface area contributed by atoms with Gasteiger partial charge in [0.25, 0.3) is 0 Å². The zero-order valence-corrected chi connectivity index (χ0v) is 16.4. The number of hydrogen-bond donors (Lipinski definition) is 2. The quantitative estimate of drug-likeness (QED) is 0.768. The lowest BCUT2D eigenvalue weighted by Crippen LogP contribution is -2.39. The largest absolute Gasteiger partial charge is 0.471 e. The number of anilines is 1. The van der Waals surface area contributed by atoms with E-state index in [-0.39, 0.29) is 24.9 Å². The minimum atomic E-state index is -4.89. The predicted molar refractivity (Wildman–Crippen MR) is 102 cm³/mol. The van der Waals surface area contributed by atoms with Gasteiger partial charge in [0.15, 0.2) is 0 Å². The van der Waals surface area contributed by atoms with Crippen molar-refractivity contribution in [2.75, 3.05) is 12.4 Å². The van der Waals surface area contributed by atoms with E-state index in [0.29, 0.717) is 40.6 Å². The maximum Gasteiger partial charge on any atom is 0.471 e. The first-order valence-corrected chi connectivity index (χ1v) is 9.18. The molecule has 2 aliphatic heterocycles. The van der Waals surface area contributed by atoms with Crippen LogP contribution in [0.2, 0.25) is 0 Å². The molecule has 2 aliphatic rings. The number of halogens is 4. The molecule has 0 aromatic heterocycles. The molecule has 9 heteroatoms. The summed E-state index contributed by atoms with van der Waals surface area (Å²) in [6.45, 7) is -0.181. The molecule has 2 fully saturated rings. The monoisotopic (exact) mass is 419 g/mol. The third-order valence-electron chi connectivity index (χ3n) is 5.26. The number of alkyl halides is 3. The lowest BCUT2D eigenvalue weighted by molar-refractivity contribution is -0.184. The molecule has 0 spiro atoms. The van der Waals surface area contributed by atoms with Gasteiger partial charge >= 0.3 is 12.1 Å². The normalized spacial score (nSPS) is 23.6. The molecule has 2 heterocycles. The summed E-state index contributed by atoms with van der Waals surface area (Å²) in [6, 6.07) is 7.61. The van der Waals surface area contributed by atoms with Crippen LogP contribution in [0.5, 0.6) is 0 Å². The second kappa shape index (κ2) is 9.13. The number of nitrogens with one attached hydrogen (secondary N) is 2. The topological polar surface area (TPSA) is 61.4 Å². The van der Waals surface area contributed by atoms with Crippen molar-refractivity contribution in [1.82, 2.24) is 10.2 Å². The Morgan fingerprint density at radius 3 is 2.46 bits per heavy atom. The molecule has 0 aliphatic carbocycles. The molecule has 2 atom stereocenters. The highest BCUT2D eigenvalue weighted by atomic mass is 35.5. The lowest BCUT2D eigenvalue weighted by atomic mass is 9.89. The van der Waals surface area contributed by atoms with E-state index < -0.39 is 12.1 Å². The summed E-state index contributed by atoms with van der Waals surface area (Å²) >= 11 is 0. The number of nitrogens with zero attached hydrogens (tertiary/aromatic N) is 1. The highest BCUT2D eigenvalue weighted by Crippen LogP contribution is 2.32. The summed E-state index contributed by atoms with van der Waals surface area (Å²) in [7, 11) is 1.10. The minimum absolute atomic E-state index is 0. The molecular formula is C19H25ClF3N3O2. The Morgan fingerprint density at radius 1 is 1.21 bits per heavy atom. The van der Waals surface area contributed by atoms with E-state index in [1.807, 2.05) is 0 Å². The molecule has 28 heavy (non-hydrogen) atoms. The molecule has 5 nitrogen and oxygen atoms in total. The molecule has 2 bridgehead atoms. The van der Waals surface area contributed by atoms with Crippen LogP contribution in [0.15, 0.2) is 24.3 Å². The molecule has 0 radical (unpaired) electrons. The van der Waals surface area contributed by atoms with Gasteiger partial charge in [-0.1, -0.05) is 12.1 Å². The van der Waals surface area contributed by atoms with Crippen molar-refractivity contribution in [3.63, 3.8) is 0 Å². The van der Waals surface area contributed by atoms with Crippen LogP contribution in [0.25, 0.3) is 0 Å². The van der Waals surface area contributed by atoms with Crippen LogP contribution in [0, 0.1) is 5.92 Å². The third kappa shape index (κ3) is 5.85.